The highest BCUT2D eigenvalue weighted by Crippen LogP contribution is 2.16. The zero-order valence-electron chi connectivity index (χ0n) is 11.0. The Morgan fingerprint density at radius 3 is 3.00 bits per heavy atom. The van der Waals surface area contributed by atoms with Crippen LogP contribution >= 0.6 is 11.8 Å². The van der Waals surface area contributed by atoms with Gasteiger partial charge in [-0.15, -0.1) is 0 Å². The average molecular weight is 283 g/mol. The first-order valence-electron chi connectivity index (χ1n) is 5.91. The van der Waals surface area contributed by atoms with Crippen molar-refractivity contribution in [3.8, 4) is 0 Å². The van der Waals surface area contributed by atoms with Gasteiger partial charge in [0.15, 0.2) is 5.65 Å². The van der Waals surface area contributed by atoms with Gasteiger partial charge in [-0.3, -0.25) is 0 Å². The van der Waals surface area contributed by atoms with Gasteiger partial charge in [-0.05, 0) is 20.1 Å². The first kappa shape index (κ1) is 13.9. The number of fused-ring (bicyclic) bond motifs is 1. The van der Waals surface area contributed by atoms with Crippen molar-refractivity contribution in [3.05, 3.63) is 22.4 Å². The van der Waals surface area contributed by atoms with Crippen LogP contribution in [0.1, 0.15) is 12.7 Å². The van der Waals surface area contributed by atoms with E-state index in [1.54, 1.807) is 24.8 Å². The van der Waals surface area contributed by atoms with Crippen LogP contribution in [-0.2, 0) is 0 Å². The van der Waals surface area contributed by atoms with Crippen molar-refractivity contribution in [3.63, 3.8) is 0 Å². The standard InChI is InChI=1S/C11H17N5O2S/c1-6(8(5-17)19-3)12-9-4-10-14-15-11(18)16(10)7(2)13-9/h4,6,8,12,17H,5H2,1-3H3,(H,15,18). The Bertz CT molecular complexity index is 619. The summed E-state index contributed by atoms with van der Waals surface area (Å²) < 4.78 is 1.41. The van der Waals surface area contributed by atoms with Gasteiger partial charge in [0.2, 0.25) is 0 Å². The molecule has 0 aliphatic rings. The van der Waals surface area contributed by atoms with Crippen LogP contribution < -0.4 is 11.0 Å². The summed E-state index contributed by atoms with van der Waals surface area (Å²) in [6.07, 6.45) is 1.95. The van der Waals surface area contributed by atoms with E-state index in [-0.39, 0.29) is 23.6 Å². The SMILES string of the molecule is CSC(CO)C(C)Nc1cc2n[nH]c(=O)n2c(C)n1. The molecule has 3 N–H and O–H groups in total. The van der Waals surface area contributed by atoms with Crippen molar-refractivity contribution in [2.45, 2.75) is 25.1 Å². The molecule has 0 aromatic carbocycles. The summed E-state index contributed by atoms with van der Waals surface area (Å²) in [5, 5.41) is 18.9. The number of aryl methyl sites for hydroxylation is 1. The molecule has 0 radical (unpaired) electrons. The number of aromatic amines is 1. The van der Waals surface area contributed by atoms with Crippen LogP contribution in [0.3, 0.4) is 0 Å². The Morgan fingerprint density at radius 2 is 2.37 bits per heavy atom. The summed E-state index contributed by atoms with van der Waals surface area (Å²) in [5.74, 6) is 1.21. The third-order valence-electron chi connectivity index (χ3n) is 2.99. The predicted octanol–water partition coefficient (Wildman–Crippen LogP) is 0.250. The van der Waals surface area contributed by atoms with Crippen molar-refractivity contribution in [2.24, 2.45) is 0 Å². The van der Waals surface area contributed by atoms with Crippen molar-refractivity contribution in [1.82, 2.24) is 19.6 Å². The maximum atomic E-state index is 11.5. The lowest BCUT2D eigenvalue weighted by molar-refractivity contribution is 0.288. The van der Waals surface area contributed by atoms with Crippen LogP contribution in [0.5, 0.6) is 0 Å². The molecule has 0 bridgehead atoms. The largest absolute Gasteiger partial charge is 0.395 e. The summed E-state index contributed by atoms with van der Waals surface area (Å²) in [4.78, 5) is 15.8. The van der Waals surface area contributed by atoms with E-state index in [1.807, 2.05) is 13.2 Å². The van der Waals surface area contributed by atoms with Crippen LogP contribution in [0, 0.1) is 6.92 Å². The molecule has 104 valence electrons. The molecule has 2 rings (SSSR count). The van der Waals surface area contributed by atoms with Gasteiger partial charge < -0.3 is 10.4 Å². The fraction of sp³-hybridized carbons (Fsp3) is 0.545. The molecule has 8 heteroatoms. The van der Waals surface area contributed by atoms with Gasteiger partial charge in [-0.2, -0.15) is 16.9 Å². The molecule has 7 nitrogen and oxygen atoms in total. The van der Waals surface area contributed by atoms with Gasteiger partial charge in [-0.1, -0.05) is 0 Å². The van der Waals surface area contributed by atoms with Crippen molar-refractivity contribution >= 4 is 23.2 Å². The predicted molar refractivity (Wildman–Crippen MR) is 75.8 cm³/mol. The van der Waals surface area contributed by atoms with E-state index < -0.39 is 0 Å². The van der Waals surface area contributed by atoms with E-state index in [9.17, 15) is 9.90 Å². The quantitative estimate of drug-likeness (QED) is 0.728. The number of nitrogens with one attached hydrogen (secondary N) is 2. The number of H-pyrrole nitrogens is 1. The van der Waals surface area contributed by atoms with Crippen molar-refractivity contribution < 1.29 is 5.11 Å². The molecule has 0 saturated heterocycles. The molecule has 19 heavy (non-hydrogen) atoms. The molecule has 0 spiro atoms. The van der Waals surface area contributed by atoms with Crippen LogP contribution in [-0.4, -0.2) is 48.8 Å². The summed E-state index contributed by atoms with van der Waals surface area (Å²) in [6, 6.07) is 1.76. The third-order valence-corrected chi connectivity index (χ3v) is 4.15. The number of anilines is 1. The summed E-state index contributed by atoms with van der Waals surface area (Å²) in [5.41, 5.74) is 0.230. The molecule has 2 aromatic rings. The molecule has 2 unspecified atom stereocenters. The fourth-order valence-corrected chi connectivity index (χ4v) is 2.56. The number of aliphatic hydroxyl groups excluding tert-OH is 1. The van der Waals surface area contributed by atoms with Gasteiger partial charge in [0, 0.05) is 17.4 Å². The van der Waals surface area contributed by atoms with Gasteiger partial charge in [0.05, 0.1) is 6.61 Å². The molecule has 0 fully saturated rings. The molecule has 0 aliphatic carbocycles. The molecular weight excluding hydrogens is 266 g/mol. The lowest BCUT2D eigenvalue weighted by atomic mass is 10.2. The summed E-state index contributed by atoms with van der Waals surface area (Å²) in [6.45, 7) is 3.83. The Morgan fingerprint density at radius 1 is 1.63 bits per heavy atom. The second-order valence-electron chi connectivity index (χ2n) is 4.30. The number of hydrogen-bond acceptors (Lipinski definition) is 6. The van der Waals surface area contributed by atoms with E-state index in [2.05, 4.69) is 20.5 Å². The fourth-order valence-electron chi connectivity index (χ4n) is 1.93. The maximum absolute atomic E-state index is 11.5. The van der Waals surface area contributed by atoms with E-state index in [4.69, 9.17) is 0 Å². The van der Waals surface area contributed by atoms with E-state index >= 15 is 0 Å². The molecule has 0 amide bonds. The Hall–Kier alpha value is -1.54. The highest BCUT2D eigenvalue weighted by Gasteiger charge is 2.16. The number of aliphatic hydroxyl groups is 1. The Labute approximate surface area is 114 Å². The number of nitrogens with zero attached hydrogens (tertiary/aromatic N) is 3. The Kier molecular flexibility index (Phi) is 4.11. The minimum absolute atomic E-state index is 0.0556. The van der Waals surface area contributed by atoms with Crippen molar-refractivity contribution in [2.75, 3.05) is 18.2 Å². The lowest BCUT2D eigenvalue weighted by Crippen LogP contribution is -2.31. The number of thioether (sulfide) groups is 1. The van der Waals surface area contributed by atoms with Crippen LogP contribution in [0.4, 0.5) is 5.82 Å². The number of hydrogen-bond donors (Lipinski definition) is 3. The van der Waals surface area contributed by atoms with Crippen LogP contribution in [0.25, 0.3) is 5.65 Å². The number of rotatable bonds is 5. The van der Waals surface area contributed by atoms with Crippen LogP contribution in [0.15, 0.2) is 10.9 Å². The van der Waals surface area contributed by atoms with E-state index in [0.29, 0.717) is 17.3 Å². The molecule has 2 heterocycles. The molecule has 2 aromatic heterocycles. The molecule has 0 saturated carbocycles. The molecular formula is C11H17N5O2S. The summed E-state index contributed by atoms with van der Waals surface area (Å²) in [7, 11) is 0. The second kappa shape index (κ2) is 5.62. The highest BCUT2D eigenvalue weighted by atomic mass is 32.2. The van der Waals surface area contributed by atoms with Gasteiger partial charge in [0.1, 0.15) is 11.6 Å². The van der Waals surface area contributed by atoms with Gasteiger partial charge in [-0.25, -0.2) is 19.3 Å². The minimum Gasteiger partial charge on any atom is -0.395 e. The zero-order valence-corrected chi connectivity index (χ0v) is 11.9. The maximum Gasteiger partial charge on any atom is 0.349 e. The first-order chi connectivity index (χ1) is 9.06. The average Bonchev–Trinajstić information content (AvgIpc) is 2.72. The smallest absolute Gasteiger partial charge is 0.349 e. The third kappa shape index (κ3) is 2.74. The second-order valence-corrected chi connectivity index (χ2v) is 5.38. The monoisotopic (exact) mass is 283 g/mol. The van der Waals surface area contributed by atoms with Gasteiger partial charge in [0.25, 0.3) is 0 Å². The lowest BCUT2D eigenvalue weighted by Gasteiger charge is -2.21. The Balaban J connectivity index is 2.29. The topological polar surface area (TPSA) is 95.3 Å². The first-order valence-corrected chi connectivity index (χ1v) is 7.20. The van der Waals surface area contributed by atoms with Crippen molar-refractivity contribution in [1.29, 1.82) is 0 Å². The normalized spacial score (nSPS) is 14.5. The molecule has 2 atom stereocenters. The van der Waals surface area contributed by atoms with Gasteiger partial charge >= 0.3 is 5.69 Å². The van der Waals surface area contributed by atoms with E-state index in [1.165, 1.54) is 4.40 Å². The zero-order chi connectivity index (χ0) is 14.0. The van der Waals surface area contributed by atoms with Crippen LogP contribution in [0.2, 0.25) is 0 Å². The molecule has 0 aliphatic heterocycles. The van der Waals surface area contributed by atoms with E-state index in [0.717, 1.165) is 0 Å². The highest BCUT2D eigenvalue weighted by molar-refractivity contribution is 7.99. The number of aromatic nitrogens is 4. The summed E-state index contributed by atoms with van der Waals surface area (Å²) >= 11 is 1.59. The minimum atomic E-state index is -0.294.